The molecule has 1 aromatic carbocycles. The molecule has 0 amide bonds. The lowest BCUT2D eigenvalue weighted by molar-refractivity contribution is 0.252. The SMILES string of the molecule is CCc1ccc(-c2nc3c(C#N)c[nH]n3c2N[C@@H]2CCC[C@H](C)[C@@H]2C)cc1. The molecule has 1 saturated carbocycles. The molecule has 5 nitrogen and oxygen atoms in total. The first kappa shape index (κ1) is 17.7. The van der Waals surface area contributed by atoms with E-state index in [2.05, 4.69) is 61.5 Å². The van der Waals surface area contributed by atoms with E-state index in [1.807, 2.05) is 4.52 Å². The van der Waals surface area contributed by atoms with Crippen LogP contribution in [0.3, 0.4) is 0 Å². The standard InChI is InChI=1S/C22H27N5/c1-4-16-8-10-17(11-9-16)20-22(25-19-7-5-6-14(2)15(19)3)27-21(26-20)18(12-23)13-24-27/h8-11,13-15,19,24-25H,4-7H2,1-3H3/t14-,15-,19+/m0/s1. The van der Waals surface area contributed by atoms with Crippen molar-refractivity contribution in [2.75, 3.05) is 5.32 Å². The van der Waals surface area contributed by atoms with Gasteiger partial charge in [0.25, 0.3) is 0 Å². The van der Waals surface area contributed by atoms with Crippen molar-refractivity contribution in [3.8, 4) is 17.3 Å². The van der Waals surface area contributed by atoms with Crippen LogP contribution >= 0.6 is 0 Å². The minimum absolute atomic E-state index is 0.413. The Morgan fingerprint density at radius 3 is 2.74 bits per heavy atom. The number of fused-ring (bicyclic) bond motifs is 1. The Balaban J connectivity index is 1.79. The van der Waals surface area contributed by atoms with Crippen LogP contribution in [-0.4, -0.2) is 20.6 Å². The first-order valence-corrected chi connectivity index (χ1v) is 9.98. The molecule has 0 radical (unpaired) electrons. The van der Waals surface area contributed by atoms with Crippen LogP contribution in [0.4, 0.5) is 5.82 Å². The van der Waals surface area contributed by atoms with Crippen LogP contribution in [0, 0.1) is 23.2 Å². The van der Waals surface area contributed by atoms with E-state index >= 15 is 0 Å². The van der Waals surface area contributed by atoms with Crippen molar-refractivity contribution in [2.24, 2.45) is 11.8 Å². The molecule has 1 aliphatic carbocycles. The van der Waals surface area contributed by atoms with Gasteiger partial charge >= 0.3 is 0 Å². The number of rotatable bonds is 4. The summed E-state index contributed by atoms with van der Waals surface area (Å²) in [6, 6.07) is 11.2. The minimum atomic E-state index is 0.413. The summed E-state index contributed by atoms with van der Waals surface area (Å²) in [6.45, 7) is 6.84. The van der Waals surface area contributed by atoms with Gasteiger partial charge in [-0.3, -0.25) is 5.10 Å². The van der Waals surface area contributed by atoms with Crippen LogP contribution < -0.4 is 5.32 Å². The second-order valence-corrected chi connectivity index (χ2v) is 7.84. The molecule has 1 aliphatic rings. The molecular formula is C22H27N5. The van der Waals surface area contributed by atoms with E-state index in [-0.39, 0.29) is 0 Å². The predicted octanol–water partition coefficient (Wildman–Crippen LogP) is 5.00. The zero-order chi connectivity index (χ0) is 19.0. The molecule has 2 aromatic heterocycles. The van der Waals surface area contributed by atoms with Gasteiger partial charge in [0.1, 0.15) is 17.3 Å². The van der Waals surface area contributed by atoms with Crippen molar-refractivity contribution >= 4 is 11.5 Å². The zero-order valence-corrected chi connectivity index (χ0v) is 16.3. The first-order chi connectivity index (χ1) is 13.1. The maximum absolute atomic E-state index is 9.42. The summed E-state index contributed by atoms with van der Waals surface area (Å²) in [6.07, 6.45) is 6.46. The molecule has 0 aliphatic heterocycles. The molecule has 140 valence electrons. The van der Waals surface area contributed by atoms with E-state index in [0.29, 0.717) is 29.1 Å². The quantitative estimate of drug-likeness (QED) is 0.687. The Morgan fingerprint density at radius 1 is 1.26 bits per heavy atom. The van der Waals surface area contributed by atoms with Gasteiger partial charge in [-0.1, -0.05) is 57.9 Å². The summed E-state index contributed by atoms with van der Waals surface area (Å²) in [5.74, 6) is 2.27. The van der Waals surface area contributed by atoms with E-state index in [1.54, 1.807) is 6.20 Å². The highest BCUT2D eigenvalue weighted by Crippen LogP contribution is 2.35. The van der Waals surface area contributed by atoms with E-state index in [0.717, 1.165) is 23.5 Å². The lowest BCUT2D eigenvalue weighted by atomic mass is 9.78. The van der Waals surface area contributed by atoms with Gasteiger partial charge in [-0.2, -0.15) is 5.26 Å². The van der Waals surface area contributed by atoms with Gasteiger partial charge in [0.05, 0.1) is 0 Å². The summed E-state index contributed by atoms with van der Waals surface area (Å²) >= 11 is 0. The molecule has 27 heavy (non-hydrogen) atoms. The summed E-state index contributed by atoms with van der Waals surface area (Å²) in [5, 5.41) is 16.4. The molecular weight excluding hydrogens is 334 g/mol. The Kier molecular flexibility index (Phi) is 4.65. The maximum atomic E-state index is 9.42. The van der Waals surface area contributed by atoms with Gasteiger partial charge in [0.15, 0.2) is 11.5 Å². The van der Waals surface area contributed by atoms with Crippen molar-refractivity contribution in [1.29, 1.82) is 5.26 Å². The van der Waals surface area contributed by atoms with Gasteiger partial charge < -0.3 is 5.32 Å². The van der Waals surface area contributed by atoms with E-state index in [4.69, 9.17) is 4.98 Å². The average Bonchev–Trinajstić information content (AvgIpc) is 3.25. The van der Waals surface area contributed by atoms with Crippen LogP contribution in [0.5, 0.6) is 0 Å². The topological polar surface area (TPSA) is 68.9 Å². The fraction of sp³-hybridized carbons (Fsp3) is 0.455. The molecule has 2 heterocycles. The van der Waals surface area contributed by atoms with Crippen LogP contribution in [0.25, 0.3) is 16.9 Å². The summed E-state index contributed by atoms with van der Waals surface area (Å²) in [4.78, 5) is 4.83. The lowest BCUT2D eigenvalue weighted by Gasteiger charge is -2.35. The highest BCUT2D eigenvalue weighted by Gasteiger charge is 2.29. The van der Waals surface area contributed by atoms with E-state index in [1.165, 1.54) is 24.8 Å². The fourth-order valence-corrected chi connectivity index (χ4v) is 4.20. The predicted molar refractivity (Wildman–Crippen MR) is 109 cm³/mol. The number of aromatic nitrogens is 3. The Bertz CT molecular complexity index is 973. The number of hydrogen-bond acceptors (Lipinski definition) is 3. The van der Waals surface area contributed by atoms with Crippen molar-refractivity contribution in [3.05, 3.63) is 41.6 Å². The number of nitrogens with one attached hydrogen (secondary N) is 2. The second-order valence-electron chi connectivity index (χ2n) is 7.84. The molecule has 0 saturated heterocycles. The third kappa shape index (κ3) is 3.10. The van der Waals surface area contributed by atoms with Crippen LogP contribution in [-0.2, 0) is 6.42 Å². The van der Waals surface area contributed by atoms with E-state index in [9.17, 15) is 5.26 Å². The van der Waals surface area contributed by atoms with Crippen LogP contribution in [0.15, 0.2) is 30.5 Å². The van der Waals surface area contributed by atoms with E-state index < -0.39 is 0 Å². The van der Waals surface area contributed by atoms with Crippen molar-refractivity contribution in [3.63, 3.8) is 0 Å². The largest absolute Gasteiger partial charge is 0.365 e. The zero-order valence-electron chi connectivity index (χ0n) is 16.3. The molecule has 3 aromatic rings. The average molecular weight is 361 g/mol. The molecule has 4 rings (SSSR count). The molecule has 2 N–H and O–H groups in total. The highest BCUT2D eigenvalue weighted by atomic mass is 15.3. The molecule has 0 bridgehead atoms. The normalized spacial score (nSPS) is 22.7. The number of nitrogens with zero attached hydrogens (tertiary/aromatic N) is 3. The number of nitriles is 1. The molecule has 0 unspecified atom stereocenters. The van der Waals surface area contributed by atoms with Gasteiger partial charge in [-0.15, -0.1) is 0 Å². The Hall–Kier alpha value is -2.74. The number of aromatic amines is 1. The van der Waals surface area contributed by atoms with Crippen molar-refractivity contribution in [2.45, 2.75) is 52.5 Å². The van der Waals surface area contributed by atoms with Gasteiger partial charge in [-0.05, 0) is 30.2 Å². The smallest absolute Gasteiger partial charge is 0.173 e. The number of imidazole rings is 1. The van der Waals surface area contributed by atoms with Crippen molar-refractivity contribution in [1.82, 2.24) is 14.6 Å². The molecule has 5 heteroatoms. The molecule has 3 atom stereocenters. The Morgan fingerprint density at radius 2 is 2.04 bits per heavy atom. The summed E-state index contributed by atoms with van der Waals surface area (Å²) < 4.78 is 1.92. The lowest BCUT2D eigenvalue weighted by Crippen LogP contribution is -2.35. The number of hydrogen-bond donors (Lipinski definition) is 2. The fourth-order valence-electron chi connectivity index (χ4n) is 4.20. The number of anilines is 1. The van der Waals surface area contributed by atoms with Crippen LogP contribution in [0.2, 0.25) is 0 Å². The third-order valence-corrected chi connectivity index (χ3v) is 6.24. The molecule has 1 fully saturated rings. The minimum Gasteiger partial charge on any atom is -0.365 e. The third-order valence-electron chi connectivity index (χ3n) is 6.24. The number of aryl methyl sites for hydroxylation is 1. The summed E-state index contributed by atoms with van der Waals surface area (Å²) in [7, 11) is 0. The van der Waals surface area contributed by atoms with Gasteiger partial charge in [0, 0.05) is 17.8 Å². The number of benzene rings is 1. The first-order valence-electron chi connectivity index (χ1n) is 9.98. The van der Waals surface area contributed by atoms with Crippen molar-refractivity contribution < 1.29 is 0 Å². The monoisotopic (exact) mass is 361 g/mol. The Labute approximate surface area is 160 Å². The van der Waals surface area contributed by atoms with Gasteiger partial charge in [-0.25, -0.2) is 9.50 Å². The second kappa shape index (κ2) is 7.11. The van der Waals surface area contributed by atoms with Crippen LogP contribution in [0.1, 0.15) is 51.2 Å². The molecule has 0 spiro atoms. The van der Waals surface area contributed by atoms with Gasteiger partial charge in [0.2, 0.25) is 0 Å². The maximum Gasteiger partial charge on any atom is 0.173 e. The summed E-state index contributed by atoms with van der Waals surface area (Å²) in [5.41, 5.74) is 4.55. The number of H-pyrrole nitrogens is 1. The highest BCUT2D eigenvalue weighted by molar-refractivity contribution is 5.78.